The summed E-state index contributed by atoms with van der Waals surface area (Å²) in [5, 5.41) is 13.5. The molecule has 0 bridgehead atoms. The number of aromatic amines is 1. The number of hydrogen-bond acceptors (Lipinski definition) is 3. The number of nitrogens with zero attached hydrogens (tertiary/aromatic N) is 1. The van der Waals surface area contributed by atoms with Crippen LogP contribution in [0, 0.1) is 6.92 Å². The van der Waals surface area contributed by atoms with E-state index in [1.807, 2.05) is 31.2 Å². The smallest absolute Gasteiger partial charge is 0.171 e. The maximum atomic E-state index is 5.29. The minimum Gasteiger partial charge on any atom is -0.495 e. The van der Waals surface area contributed by atoms with Gasteiger partial charge in [0.25, 0.3) is 0 Å². The molecular formula is C13H16N4OS. The lowest BCUT2D eigenvalue weighted by atomic mass is 10.2. The fourth-order valence-corrected chi connectivity index (χ4v) is 1.83. The molecule has 0 saturated carbocycles. The molecule has 19 heavy (non-hydrogen) atoms. The molecule has 0 fully saturated rings. The first-order chi connectivity index (χ1) is 9.19. The van der Waals surface area contributed by atoms with Gasteiger partial charge >= 0.3 is 0 Å². The Kier molecular flexibility index (Phi) is 4.35. The van der Waals surface area contributed by atoms with Gasteiger partial charge in [0.2, 0.25) is 0 Å². The molecule has 6 heteroatoms. The number of ether oxygens (including phenoxy) is 1. The molecule has 0 amide bonds. The second-order valence-corrected chi connectivity index (χ2v) is 4.50. The normalized spacial score (nSPS) is 10.0. The first-order valence-electron chi connectivity index (χ1n) is 5.87. The molecule has 5 nitrogen and oxygen atoms in total. The van der Waals surface area contributed by atoms with Gasteiger partial charge in [0.15, 0.2) is 5.11 Å². The summed E-state index contributed by atoms with van der Waals surface area (Å²) in [5.41, 5.74) is 2.96. The van der Waals surface area contributed by atoms with E-state index < -0.39 is 0 Å². The van der Waals surface area contributed by atoms with Crippen molar-refractivity contribution in [1.29, 1.82) is 0 Å². The van der Waals surface area contributed by atoms with Gasteiger partial charge in [-0.3, -0.25) is 5.10 Å². The van der Waals surface area contributed by atoms with Crippen LogP contribution in [-0.2, 0) is 6.54 Å². The molecule has 0 aliphatic heterocycles. The second-order valence-electron chi connectivity index (χ2n) is 4.09. The van der Waals surface area contributed by atoms with Crippen LogP contribution < -0.4 is 15.4 Å². The molecule has 0 radical (unpaired) electrons. The SMILES string of the molecule is COc1ccc(C)cc1NC(=S)NCc1ccn[nH]1. The lowest BCUT2D eigenvalue weighted by Gasteiger charge is -2.13. The Balaban J connectivity index is 1.96. The van der Waals surface area contributed by atoms with E-state index in [1.165, 1.54) is 0 Å². The summed E-state index contributed by atoms with van der Waals surface area (Å²) in [4.78, 5) is 0. The molecule has 0 aliphatic carbocycles. The average Bonchev–Trinajstić information content (AvgIpc) is 2.90. The van der Waals surface area contributed by atoms with E-state index in [1.54, 1.807) is 13.3 Å². The summed E-state index contributed by atoms with van der Waals surface area (Å²) < 4.78 is 5.29. The fraction of sp³-hybridized carbons (Fsp3) is 0.231. The Morgan fingerprint density at radius 2 is 2.26 bits per heavy atom. The van der Waals surface area contributed by atoms with E-state index in [2.05, 4.69) is 20.8 Å². The topological polar surface area (TPSA) is 62.0 Å². The van der Waals surface area contributed by atoms with Gasteiger partial charge in [-0.15, -0.1) is 0 Å². The first kappa shape index (κ1) is 13.4. The molecule has 0 spiro atoms. The third-order valence-electron chi connectivity index (χ3n) is 2.60. The molecule has 1 heterocycles. The number of nitrogens with one attached hydrogen (secondary N) is 3. The van der Waals surface area contributed by atoms with Gasteiger partial charge in [-0.1, -0.05) is 6.07 Å². The Morgan fingerprint density at radius 3 is 2.95 bits per heavy atom. The number of aryl methyl sites for hydroxylation is 1. The molecule has 1 aromatic heterocycles. The Hall–Kier alpha value is -2.08. The summed E-state index contributed by atoms with van der Waals surface area (Å²) >= 11 is 5.25. The number of hydrogen-bond donors (Lipinski definition) is 3. The van der Waals surface area contributed by atoms with E-state index in [0.29, 0.717) is 11.7 Å². The van der Waals surface area contributed by atoms with Crippen molar-refractivity contribution in [1.82, 2.24) is 15.5 Å². The molecule has 3 N–H and O–H groups in total. The van der Waals surface area contributed by atoms with Crippen molar-refractivity contribution in [2.45, 2.75) is 13.5 Å². The van der Waals surface area contributed by atoms with E-state index in [0.717, 1.165) is 22.7 Å². The van der Waals surface area contributed by atoms with Crippen molar-refractivity contribution in [3.63, 3.8) is 0 Å². The summed E-state index contributed by atoms with van der Waals surface area (Å²) in [5.74, 6) is 0.760. The predicted octanol–water partition coefficient (Wildman–Crippen LogP) is 2.21. The van der Waals surface area contributed by atoms with Crippen LogP contribution >= 0.6 is 12.2 Å². The quantitative estimate of drug-likeness (QED) is 0.747. The minimum absolute atomic E-state index is 0.540. The van der Waals surface area contributed by atoms with Crippen molar-refractivity contribution in [3.05, 3.63) is 41.7 Å². The summed E-state index contributed by atoms with van der Waals surface area (Å²) in [6, 6.07) is 7.78. The van der Waals surface area contributed by atoms with Gasteiger partial charge < -0.3 is 15.4 Å². The van der Waals surface area contributed by atoms with Gasteiger partial charge in [-0.2, -0.15) is 5.10 Å². The van der Waals surface area contributed by atoms with Crippen LogP contribution in [0.15, 0.2) is 30.5 Å². The highest BCUT2D eigenvalue weighted by Crippen LogP contribution is 2.24. The zero-order chi connectivity index (χ0) is 13.7. The zero-order valence-corrected chi connectivity index (χ0v) is 11.7. The van der Waals surface area contributed by atoms with Crippen molar-refractivity contribution in [2.75, 3.05) is 12.4 Å². The predicted molar refractivity (Wildman–Crippen MR) is 79.4 cm³/mol. The standard InChI is InChI=1S/C13H16N4OS/c1-9-3-4-12(18-2)11(7-9)16-13(19)14-8-10-5-6-15-17-10/h3-7H,8H2,1-2H3,(H,15,17)(H2,14,16,19). The molecule has 2 aromatic rings. The minimum atomic E-state index is 0.540. The van der Waals surface area contributed by atoms with Crippen LogP contribution in [0.5, 0.6) is 5.75 Å². The van der Waals surface area contributed by atoms with Gasteiger partial charge in [-0.05, 0) is 42.9 Å². The number of thiocarbonyl (C=S) groups is 1. The molecule has 2 rings (SSSR count). The summed E-state index contributed by atoms with van der Waals surface area (Å²) in [6.45, 7) is 2.62. The van der Waals surface area contributed by atoms with Gasteiger partial charge in [0.05, 0.1) is 25.0 Å². The molecular weight excluding hydrogens is 260 g/mol. The summed E-state index contributed by atoms with van der Waals surface area (Å²) in [6.07, 6.45) is 1.71. The average molecular weight is 276 g/mol. The highest BCUT2D eigenvalue weighted by molar-refractivity contribution is 7.80. The maximum Gasteiger partial charge on any atom is 0.171 e. The Labute approximate surface area is 117 Å². The number of aromatic nitrogens is 2. The highest BCUT2D eigenvalue weighted by atomic mass is 32.1. The molecule has 0 saturated heterocycles. The maximum absolute atomic E-state index is 5.29. The van der Waals surface area contributed by atoms with Crippen molar-refractivity contribution in [3.8, 4) is 5.75 Å². The number of H-pyrrole nitrogens is 1. The second kappa shape index (κ2) is 6.19. The monoisotopic (exact) mass is 276 g/mol. The molecule has 100 valence electrons. The fourth-order valence-electron chi connectivity index (χ4n) is 1.64. The van der Waals surface area contributed by atoms with E-state index in [-0.39, 0.29) is 0 Å². The third kappa shape index (κ3) is 3.69. The van der Waals surface area contributed by atoms with E-state index >= 15 is 0 Å². The molecule has 0 atom stereocenters. The van der Waals surface area contributed by atoms with Crippen LogP contribution in [0.3, 0.4) is 0 Å². The van der Waals surface area contributed by atoms with E-state index in [9.17, 15) is 0 Å². The molecule has 0 aliphatic rings. The number of benzene rings is 1. The summed E-state index contributed by atoms with van der Waals surface area (Å²) in [7, 11) is 1.64. The Morgan fingerprint density at radius 1 is 1.42 bits per heavy atom. The third-order valence-corrected chi connectivity index (χ3v) is 2.85. The van der Waals surface area contributed by atoms with Crippen molar-refractivity contribution < 1.29 is 4.74 Å². The number of methoxy groups -OCH3 is 1. The van der Waals surface area contributed by atoms with Crippen LogP contribution in [0.4, 0.5) is 5.69 Å². The zero-order valence-electron chi connectivity index (χ0n) is 10.9. The van der Waals surface area contributed by atoms with Crippen molar-refractivity contribution >= 4 is 23.0 Å². The van der Waals surface area contributed by atoms with Gasteiger partial charge in [-0.25, -0.2) is 0 Å². The first-order valence-corrected chi connectivity index (χ1v) is 6.27. The van der Waals surface area contributed by atoms with Gasteiger partial charge in [0, 0.05) is 6.20 Å². The van der Waals surface area contributed by atoms with Crippen LogP contribution in [0.25, 0.3) is 0 Å². The largest absolute Gasteiger partial charge is 0.495 e. The Bertz CT molecular complexity index is 554. The lowest BCUT2D eigenvalue weighted by molar-refractivity contribution is 0.417. The lowest BCUT2D eigenvalue weighted by Crippen LogP contribution is -2.28. The van der Waals surface area contributed by atoms with Crippen LogP contribution in [-0.4, -0.2) is 22.4 Å². The van der Waals surface area contributed by atoms with E-state index in [4.69, 9.17) is 17.0 Å². The number of rotatable bonds is 4. The van der Waals surface area contributed by atoms with Gasteiger partial charge in [0.1, 0.15) is 5.75 Å². The molecule has 0 unspecified atom stereocenters. The van der Waals surface area contributed by atoms with Crippen LogP contribution in [0.2, 0.25) is 0 Å². The van der Waals surface area contributed by atoms with Crippen LogP contribution in [0.1, 0.15) is 11.3 Å². The molecule has 1 aromatic carbocycles. The number of anilines is 1. The highest BCUT2D eigenvalue weighted by Gasteiger charge is 2.05. The van der Waals surface area contributed by atoms with Crippen molar-refractivity contribution in [2.24, 2.45) is 0 Å².